The van der Waals surface area contributed by atoms with Crippen LogP contribution in [-0.2, 0) is 11.2 Å². The van der Waals surface area contributed by atoms with E-state index in [1.54, 1.807) is 6.07 Å². The summed E-state index contributed by atoms with van der Waals surface area (Å²) in [5.74, 6) is 0.776. The lowest BCUT2D eigenvalue weighted by atomic mass is 10.2. The predicted octanol–water partition coefficient (Wildman–Crippen LogP) is 2.07. The van der Waals surface area contributed by atoms with Gasteiger partial charge in [0.05, 0.1) is 10.6 Å². The van der Waals surface area contributed by atoms with Crippen LogP contribution < -0.4 is 5.32 Å². The van der Waals surface area contributed by atoms with Gasteiger partial charge in [0, 0.05) is 19.9 Å². The summed E-state index contributed by atoms with van der Waals surface area (Å²) in [4.78, 5) is 10.7. The summed E-state index contributed by atoms with van der Waals surface area (Å²) in [5.41, 5.74) is 0.706. The minimum Gasteiger partial charge on any atom is -0.421 e. The van der Waals surface area contributed by atoms with E-state index in [2.05, 4.69) is 15.5 Å². The number of hydrogen-bond donors (Lipinski definition) is 1. The number of nitrogens with zero attached hydrogens (tertiary/aromatic N) is 2. The van der Waals surface area contributed by atoms with Crippen LogP contribution in [0.2, 0.25) is 5.02 Å². The van der Waals surface area contributed by atoms with Gasteiger partial charge < -0.3 is 9.73 Å². The maximum Gasteiger partial charge on any atom is 0.249 e. The molecule has 1 aromatic heterocycles. The Balaban J connectivity index is 2.06. The normalized spacial score (nSPS) is 10.3. The van der Waals surface area contributed by atoms with Crippen LogP contribution in [0.3, 0.4) is 0 Å². The third-order valence-electron chi connectivity index (χ3n) is 2.28. The van der Waals surface area contributed by atoms with Gasteiger partial charge in [-0.1, -0.05) is 23.7 Å². The van der Waals surface area contributed by atoms with Crippen molar-refractivity contribution in [1.82, 2.24) is 15.5 Å². The van der Waals surface area contributed by atoms with Crippen LogP contribution in [0, 0.1) is 0 Å². The largest absolute Gasteiger partial charge is 0.421 e. The fraction of sp³-hybridized carbons (Fsp3) is 0.250. The first-order chi connectivity index (χ1) is 8.66. The highest BCUT2D eigenvalue weighted by Crippen LogP contribution is 2.26. The van der Waals surface area contributed by atoms with Crippen LogP contribution in [0.1, 0.15) is 12.8 Å². The molecule has 0 aliphatic carbocycles. The van der Waals surface area contributed by atoms with Gasteiger partial charge in [-0.2, -0.15) is 0 Å². The molecule has 94 valence electrons. The molecule has 0 radical (unpaired) electrons. The number of hydrogen-bond acceptors (Lipinski definition) is 4. The number of halogens is 1. The lowest BCUT2D eigenvalue weighted by Gasteiger charge is -1.98. The average molecular weight is 266 g/mol. The highest BCUT2D eigenvalue weighted by Gasteiger charge is 2.11. The van der Waals surface area contributed by atoms with E-state index in [-0.39, 0.29) is 5.91 Å². The Morgan fingerprint density at radius 1 is 1.39 bits per heavy atom. The Morgan fingerprint density at radius 3 is 2.89 bits per heavy atom. The van der Waals surface area contributed by atoms with Gasteiger partial charge in [-0.05, 0) is 12.1 Å². The Morgan fingerprint density at radius 2 is 2.17 bits per heavy atom. The van der Waals surface area contributed by atoms with Crippen molar-refractivity contribution in [3.05, 3.63) is 35.2 Å². The molecule has 6 heteroatoms. The summed E-state index contributed by atoms with van der Waals surface area (Å²) < 4.78 is 5.47. The summed E-state index contributed by atoms with van der Waals surface area (Å²) in [6.07, 6.45) is 0.497. The molecule has 0 aliphatic rings. The number of amides is 1. The van der Waals surface area contributed by atoms with E-state index in [0.29, 0.717) is 35.3 Å². The molecule has 0 aliphatic heterocycles. The first kappa shape index (κ1) is 12.6. The zero-order chi connectivity index (χ0) is 13.0. The molecular formula is C12H12ClN3O2. The smallest absolute Gasteiger partial charge is 0.249 e. The highest BCUT2D eigenvalue weighted by atomic mass is 35.5. The lowest BCUT2D eigenvalue weighted by molar-refractivity contribution is -0.118. The molecule has 2 aromatic rings. The monoisotopic (exact) mass is 265 g/mol. The van der Waals surface area contributed by atoms with E-state index in [9.17, 15) is 4.79 Å². The second-order valence-corrected chi connectivity index (χ2v) is 4.12. The number of carbonyl (C=O) groups excluding carboxylic acids is 1. The van der Waals surface area contributed by atoms with Crippen LogP contribution >= 0.6 is 11.6 Å². The Kier molecular flexibility index (Phi) is 3.94. The number of carbonyl (C=O) groups is 1. The molecule has 18 heavy (non-hydrogen) atoms. The van der Waals surface area contributed by atoms with Crippen molar-refractivity contribution in [2.75, 3.05) is 6.54 Å². The van der Waals surface area contributed by atoms with Crippen LogP contribution in [-0.4, -0.2) is 22.6 Å². The summed E-state index contributed by atoms with van der Waals surface area (Å²) >= 11 is 6.03. The number of nitrogens with one attached hydrogen (secondary N) is 1. The topological polar surface area (TPSA) is 68.0 Å². The molecule has 0 fully saturated rings. The molecule has 0 spiro atoms. The Labute approximate surface area is 109 Å². The van der Waals surface area contributed by atoms with E-state index in [0.717, 1.165) is 0 Å². The second kappa shape index (κ2) is 5.64. The predicted molar refractivity (Wildman–Crippen MR) is 67.1 cm³/mol. The molecule has 0 atom stereocenters. The molecule has 0 saturated carbocycles. The van der Waals surface area contributed by atoms with Crippen molar-refractivity contribution in [2.24, 2.45) is 0 Å². The Bertz CT molecular complexity index is 554. The maximum absolute atomic E-state index is 10.7. The average Bonchev–Trinajstić information content (AvgIpc) is 2.78. The summed E-state index contributed by atoms with van der Waals surface area (Å²) in [6, 6.07) is 7.26. The minimum absolute atomic E-state index is 0.0826. The van der Waals surface area contributed by atoms with E-state index in [1.807, 2.05) is 18.2 Å². The molecule has 2 rings (SSSR count). The zero-order valence-corrected chi connectivity index (χ0v) is 10.6. The van der Waals surface area contributed by atoms with E-state index >= 15 is 0 Å². The van der Waals surface area contributed by atoms with Crippen molar-refractivity contribution < 1.29 is 9.21 Å². The van der Waals surface area contributed by atoms with Crippen LogP contribution in [0.15, 0.2) is 28.7 Å². The third kappa shape index (κ3) is 3.07. The Hall–Kier alpha value is -1.88. The second-order valence-electron chi connectivity index (χ2n) is 3.71. The number of benzene rings is 1. The van der Waals surface area contributed by atoms with Gasteiger partial charge in [-0.3, -0.25) is 4.79 Å². The quantitative estimate of drug-likeness (QED) is 0.919. The van der Waals surface area contributed by atoms with Crippen LogP contribution in [0.25, 0.3) is 11.5 Å². The van der Waals surface area contributed by atoms with Crippen molar-refractivity contribution in [1.29, 1.82) is 0 Å². The van der Waals surface area contributed by atoms with Gasteiger partial charge in [0.2, 0.25) is 17.7 Å². The molecule has 5 nitrogen and oxygen atoms in total. The van der Waals surface area contributed by atoms with E-state index in [4.69, 9.17) is 16.0 Å². The molecule has 0 unspecified atom stereocenters. The van der Waals surface area contributed by atoms with Gasteiger partial charge >= 0.3 is 0 Å². The minimum atomic E-state index is -0.0826. The van der Waals surface area contributed by atoms with Crippen molar-refractivity contribution in [3.63, 3.8) is 0 Å². The fourth-order valence-electron chi connectivity index (χ4n) is 1.44. The van der Waals surface area contributed by atoms with Crippen molar-refractivity contribution in [3.8, 4) is 11.5 Å². The van der Waals surface area contributed by atoms with Crippen molar-refractivity contribution >= 4 is 17.5 Å². The zero-order valence-electron chi connectivity index (χ0n) is 9.81. The lowest BCUT2D eigenvalue weighted by Crippen LogP contribution is -2.22. The number of rotatable bonds is 4. The van der Waals surface area contributed by atoms with Crippen LogP contribution in [0.5, 0.6) is 0 Å². The van der Waals surface area contributed by atoms with E-state index < -0.39 is 0 Å². The molecule has 1 amide bonds. The standard InChI is InChI=1S/C12H12ClN3O2/c1-8(17)14-7-6-11-15-16-12(18-11)9-4-2-3-5-10(9)13/h2-5H,6-7H2,1H3,(H,14,17). The molecule has 1 heterocycles. The van der Waals surface area contributed by atoms with E-state index in [1.165, 1.54) is 6.92 Å². The van der Waals surface area contributed by atoms with Crippen LogP contribution in [0.4, 0.5) is 0 Å². The maximum atomic E-state index is 10.7. The van der Waals surface area contributed by atoms with Gasteiger partial charge in [-0.15, -0.1) is 10.2 Å². The molecular weight excluding hydrogens is 254 g/mol. The first-order valence-corrected chi connectivity index (χ1v) is 5.86. The number of aromatic nitrogens is 2. The SMILES string of the molecule is CC(=O)NCCc1nnc(-c2ccccc2Cl)o1. The van der Waals surface area contributed by atoms with Gasteiger partial charge in [0.1, 0.15) is 0 Å². The fourth-order valence-corrected chi connectivity index (χ4v) is 1.66. The highest BCUT2D eigenvalue weighted by molar-refractivity contribution is 6.33. The molecule has 1 N–H and O–H groups in total. The van der Waals surface area contributed by atoms with Gasteiger partial charge in [0.15, 0.2) is 0 Å². The summed E-state index contributed by atoms with van der Waals surface area (Å²) in [6.45, 7) is 1.93. The molecule has 1 aromatic carbocycles. The van der Waals surface area contributed by atoms with Gasteiger partial charge in [0.25, 0.3) is 0 Å². The molecule has 0 saturated heterocycles. The summed E-state index contributed by atoms with van der Waals surface area (Å²) in [7, 11) is 0. The van der Waals surface area contributed by atoms with Crippen molar-refractivity contribution in [2.45, 2.75) is 13.3 Å². The first-order valence-electron chi connectivity index (χ1n) is 5.48. The third-order valence-corrected chi connectivity index (χ3v) is 2.61. The summed E-state index contributed by atoms with van der Waals surface area (Å²) in [5, 5.41) is 11.1. The van der Waals surface area contributed by atoms with Gasteiger partial charge in [-0.25, -0.2) is 0 Å². The molecule has 0 bridgehead atoms.